The molecule has 2 fully saturated rings. The Labute approximate surface area is 99.3 Å². The molecule has 2 aliphatic rings. The number of likely N-dealkylation sites (tertiary alicyclic amines) is 1. The monoisotopic (exact) mass is 226 g/mol. The van der Waals surface area contributed by atoms with Gasteiger partial charge in [0.25, 0.3) is 0 Å². The van der Waals surface area contributed by atoms with Gasteiger partial charge >= 0.3 is 0 Å². The first kappa shape index (κ1) is 12.3. The predicted octanol–water partition coefficient (Wildman–Crippen LogP) is 1.61. The fraction of sp³-hybridized carbons (Fsp3) is 1.00. The second-order valence-electron chi connectivity index (χ2n) is 5.48. The Hall–Kier alpha value is -0.120. The van der Waals surface area contributed by atoms with Crippen LogP contribution in [0.5, 0.6) is 0 Å². The minimum Gasteiger partial charge on any atom is -0.381 e. The lowest BCUT2D eigenvalue weighted by atomic mass is 9.95. The summed E-state index contributed by atoms with van der Waals surface area (Å²) in [4.78, 5) is 2.63. The zero-order valence-electron chi connectivity index (χ0n) is 10.5. The lowest BCUT2D eigenvalue weighted by Crippen LogP contribution is -2.47. The second kappa shape index (κ2) is 5.99. The maximum Gasteiger partial charge on any atom is 0.0521 e. The molecule has 94 valence electrons. The number of rotatable bonds is 2. The van der Waals surface area contributed by atoms with Crippen molar-refractivity contribution in [1.82, 2.24) is 4.90 Å². The third-order valence-corrected chi connectivity index (χ3v) is 4.19. The SMILES string of the molecule is CC1CCCCCN1CC1COCCC1N. The molecule has 2 saturated heterocycles. The average molecular weight is 226 g/mol. The van der Waals surface area contributed by atoms with Crippen molar-refractivity contribution in [2.45, 2.75) is 51.1 Å². The van der Waals surface area contributed by atoms with Gasteiger partial charge in [-0.15, -0.1) is 0 Å². The molecule has 0 spiro atoms. The van der Waals surface area contributed by atoms with Crippen LogP contribution in [-0.4, -0.2) is 43.3 Å². The molecule has 2 rings (SSSR count). The summed E-state index contributed by atoms with van der Waals surface area (Å²) in [6, 6.07) is 1.08. The first-order chi connectivity index (χ1) is 7.77. The summed E-state index contributed by atoms with van der Waals surface area (Å²) in [6.07, 6.45) is 6.53. The fourth-order valence-corrected chi connectivity index (χ4v) is 2.91. The zero-order valence-corrected chi connectivity index (χ0v) is 10.5. The Morgan fingerprint density at radius 1 is 1.25 bits per heavy atom. The second-order valence-corrected chi connectivity index (χ2v) is 5.48. The van der Waals surface area contributed by atoms with Crippen molar-refractivity contribution in [3.8, 4) is 0 Å². The third-order valence-electron chi connectivity index (χ3n) is 4.19. The van der Waals surface area contributed by atoms with E-state index in [4.69, 9.17) is 10.5 Å². The molecule has 2 heterocycles. The molecule has 0 saturated carbocycles. The number of ether oxygens (including phenoxy) is 1. The smallest absolute Gasteiger partial charge is 0.0521 e. The molecule has 16 heavy (non-hydrogen) atoms. The molecule has 3 nitrogen and oxygen atoms in total. The van der Waals surface area contributed by atoms with Crippen LogP contribution in [0.3, 0.4) is 0 Å². The van der Waals surface area contributed by atoms with E-state index in [1.54, 1.807) is 0 Å². The van der Waals surface area contributed by atoms with Crippen molar-refractivity contribution in [3.63, 3.8) is 0 Å². The van der Waals surface area contributed by atoms with Gasteiger partial charge in [-0.1, -0.05) is 12.8 Å². The van der Waals surface area contributed by atoms with Gasteiger partial charge in [0.05, 0.1) is 6.61 Å². The normalized spacial score (nSPS) is 38.2. The molecule has 3 atom stereocenters. The van der Waals surface area contributed by atoms with Crippen molar-refractivity contribution < 1.29 is 4.74 Å². The molecule has 0 bridgehead atoms. The van der Waals surface area contributed by atoms with Crippen molar-refractivity contribution >= 4 is 0 Å². The number of hydrogen-bond acceptors (Lipinski definition) is 3. The Bertz CT molecular complexity index is 210. The van der Waals surface area contributed by atoms with Gasteiger partial charge in [-0.05, 0) is 32.7 Å². The summed E-state index contributed by atoms with van der Waals surface area (Å²) in [5.74, 6) is 0.550. The van der Waals surface area contributed by atoms with E-state index in [0.717, 1.165) is 32.2 Å². The van der Waals surface area contributed by atoms with Crippen LogP contribution in [0, 0.1) is 5.92 Å². The van der Waals surface area contributed by atoms with Crippen molar-refractivity contribution in [2.24, 2.45) is 11.7 Å². The van der Waals surface area contributed by atoms with E-state index in [2.05, 4.69) is 11.8 Å². The van der Waals surface area contributed by atoms with E-state index < -0.39 is 0 Å². The number of hydrogen-bond donors (Lipinski definition) is 1. The van der Waals surface area contributed by atoms with Crippen molar-refractivity contribution in [2.75, 3.05) is 26.3 Å². The first-order valence-electron chi connectivity index (χ1n) is 6.85. The molecule has 0 aromatic heterocycles. The molecule has 3 unspecified atom stereocenters. The molecular weight excluding hydrogens is 200 g/mol. The topological polar surface area (TPSA) is 38.5 Å². The van der Waals surface area contributed by atoms with Gasteiger partial charge in [0, 0.05) is 31.2 Å². The van der Waals surface area contributed by atoms with Crippen molar-refractivity contribution in [1.29, 1.82) is 0 Å². The summed E-state index contributed by atoms with van der Waals surface area (Å²) in [5.41, 5.74) is 6.17. The zero-order chi connectivity index (χ0) is 11.4. The molecule has 3 heteroatoms. The van der Waals surface area contributed by atoms with Crippen LogP contribution in [0.2, 0.25) is 0 Å². The minimum absolute atomic E-state index is 0.351. The van der Waals surface area contributed by atoms with Gasteiger partial charge in [0.15, 0.2) is 0 Å². The Kier molecular flexibility index (Phi) is 4.62. The molecule has 0 aromatic rings. The summed E-state index contributed by atoms with van der Waals surface area (Å²) >= 11 is 0. The summed E-state index contributed by atoms with van der Waals surface area (Å²) < 4.78 is 5.55. The lowest BCUT2D eigenvalue weighted by molar-refractivity contribution is 0.0207. The van der Waals surface area contributed by atoms with E-state index in [0.29, 0.717) is 12.0 Å². The van der Waals surface area contributed by atoms with Crippen LogP contribution < -0.4 is 5.73 Å². The standard InChI is InChI=1S/C13H26N2O/c1-11-5-3-2-4-7-15(11)9-12-10-16-8-6-13(12)14/h11-13H,2-10,14H2,1H3. The summed E-state index contributed by atoms with van der Waals surface area (Å²) in [5, 5.41) is 0. The van der Waals surface area contributed by atoms with E-state index in [-0.39, 0.29) is 0 Å². The number of nitrogens with two attached hydrogens (primary N) is 1. The summed E-state index contributed by atoms with van der Waals surface area (Å²) in [6.45, 7) is 6.48. The van der Waals surface area contributed by atoms with E-state index in [1.807, 2.05) is 0 Å². The number of nitrogens with zero attached hydrogens (tertiary/aromatic N) is 1. The molecule has 0 radical (unpaired) electrons. The molecule has 2 aliphatic heterocycles. The maximum absolute atomic E-state index is 6.17. The van der Waals surface area contributed by atoms with Gasteiger partial charge in [-0.25, -0.2) is 0 Å². The third kappa shape index (κ3) is 3.19. The quantitative estimate of drug-likeness (QED) is 0.777. The molecular formula is C13H26N2O. The van der Waals surface area contributed by atoms with Crippen LogP contribution >= 0.6 is 0 Å². The van der Waals surface area contributed by atoms with Crippen LogP contribution in [0.25, 0.3) is 0 Å². The highest BCUT2D eigenvalue weighted by Gasteiger charge is 2.27. The maximum atomic E-state index is 6.17. The Morgan fingerprint density at radius 2 is 2.12 bits per heavy atom. The molecule has 0 amide bonds. The molecule has 0 aliphatic carbocycles. The highest BCUT2D eigenvalue weighted by molar-refractivity contribution is 4.82. The van der Waals surface area contributed by atoms with E-state index in [1.165, 1.54) is 32.2 Å². The Morgan fingerprint density at radius 3 is 2.94 bits per heavy atom. The van der Waals surface area contributed by atoms with E-state index >= 15 is 0 Å². The first-order valence-corrected chi connectivity index (χ1v) is 6.85. The highest BCUT2D eigenvalue weighted by Crippen LogP contribution is 2.20. The summed E-state index contributed by atoms with van der Waals surface area (Å²) in [7, 11) is 0. The minimum atomic E-state index is 0.351. The van der Waals surface area contributed by atoms with Gasteiger partial charge in [0.2, 0.25) is 0 Å². The lowest BCUT2D eigenvalue weighted by Gasteiger charge is -2.35. The van der Waals surface area contributed by atoms with Crippen LogP contribution in [-0.2, 0) is 4.74 Å². The van der Waals surface area contributed by atoms with Gasteiger partial charge < -0.3 is 15.4 Å². The predicted molar refractivity (Wildman–Crippen MR) is 66.4 cm³/mol. The van der Waals surface area contributed by atoms with Crippen LogP contribution in [0.1, 0.15) is 39.0 Å². The van der Waals surface area contributed by atoms with Crippen molar-refractivity contribution in [3.05, 3.63) is 0 Å². The molecule has 2 N–H and O–H groups in total. The average Bonchev–Trinajstić information content (AvgIpc) is 2.48. The Balaban J connectivity index is 1.86. The molecule has 0 aromatic carbocycles. The van der Waals surface area contributed by atoms with Gasteiger partial charge in [-0.3, -0.25) is 0 Å². The van der Waals surface area contributed by atoms with Crippen LogP contribution in [0.15, 0.2) is 0 Å². The fourth-order valence-electron chi connectivity index (χ4n) is 2.91. The van der Waals surface area contributed by atoms with Gasteiger partial charge in [0.1, 0.15) is 0 Å². The highest BCUT2D eigenvalue weighted by atomic mass is 16.5. The van der Waals surface area contributed by atoms with Gasteiger partial charge in [-0.2, -0.15) is 0 Å². The van der Waals surface area contributed by atoms with Crippen LogP contribution in [0.4, 0.5) is 0 Å². The van der Waals surface area contributed by atoms with E-state index in [9.17, 15) is 0 Å². The largest absolute Gasteiger partial charge is 0.381 e.